The second-order valence-corrected chi connectivity index (χ2v) is 6.01. The topological polar surface area (TPSA) is 28.2 Å². The van der Waals surface area contributed by atoms with E-state index < -0.39 is 0 Å². The van der Waals surface area contributed by atoms with E-state index in [1.807, 2.05) is 13.1 Å². The first-order valence-electron chi connectivity index (χ1n) is 7.23. The average molecular weight is 348 g/mol. The molecule has 112 valence electrons. The Bertz CT molecular complexity index is 598. The Morgan fingerprint density at radius 1 is 1.24 bits per heavy atom. The minimum absolute atomic E-state index is 0.834. The number of nitrogens with zero attached hydrogens (tertiary/aromatic N) is 2. The van der Waals surface area contributed by atoms with Crippen LogP contribution in [0.2, 0.25) is 0 Å². The van der Waals surface area contributed by atoms with Crippen LogP contribution in [0.25, 0.3) is 0 Å². The van der Waals surface area contributed by atoms with Gasteiger partial charge in [0.25, 0.3) is 0 Å². The molecule has 1 aromatic carbocycles. The first-order chi connectivity index (χ1) is 10.1. The third-order valence-electron chi connectivity index (χ3n) is 3.42. The number of aromatic nitrogens is 1. The zero-order valence-electron chi connectivity index (χ0n) is 12.9. The van der Waals surface area contributed by atoms with Crippen LogP contribution in [-0.2, 0) is 19.5 Å². The van der Waals surface area contributed by atoms with E-state index in [0.717, 1.165) is 35.5 Å². The van der Waals surface area contributed by atoms with Gasteiger partial charge in [-0.2, -0.15) is 0 Å². The maximum atomic E-state index is 4.74. The predicted molar refractivity (Wildman–Crippen MR) is 92.6 cm³/mol. The Balaban J connectivity index is 2.23. The SMILES string of the molecule is CCc1cc(CNC)cc(N(C)Cc2ccccc2Br)n1. The van der Waals surface area contributed by atoms with Gasteiger partial charge in [-0.05, 0) is 42.8 Å². The molecule has 0 aliphatic carbocycles. The van der Waals surface area contributed by atoms with Crippen molar-refractivity contribution in [1.29, 1.82) is 0 Å². The summed E-state index contributed by atoms with van der Waals surface area (Å²) in [5.41, 5.74) is 3.67. The smallest absolute Gasteiger partial charge is 0.129 e. The number of halogens is 1. The van der Waals surface area contributed by atoms with Gasteiger partial charge in [0.2, 0.25) is 0 Å². The molecular weight excluding hydrogens is 326 g/mol. The molecule has 3 nitrogen and oxygen atoms in total. The van der Waals surface area contributed by atoms with Crippen LogP contribution >= 0.6 is 15.9 Å². The summed E-state index contributed by atoms with van der Waals surface area (Å²) in [6.07, 6.45) is 0.952. The quantitative estimate of drug-likeness (QED) is 0.862. The third-order valence-corrected chi connectivity index (χ3v) is 4.20. The molecule has 0 aliphatic heterocycles. The van der Waals surface area contributed by atoms with Gasteiger partial charge < -0.3 is 10.2 Å². The number of anilines is 1. The Kier molecular flexibility index (Phi) is 5.76. The molecular formula is C17H22BrN3. The average Bonchev–Trinajstić information content (AvgIpc) is 2.49. The summed E-state index contributed by atoms with van der Waals surface area (Å²) in [6.45, 7) is 3.84. The summed E-state index contributed by atoms with van der Waals surface area (Å²) in [5.74, 6) is 1.02. The molecule has 0 saturated carbocycles. The van der Waals surface area contributed by atoms with Crippen molar-refractivity contribution >= 4 is 21.7 Å². The van der Waals surface area contributed by atoms with E-state index in [1.54, 1.807) is 0 Å². The lowest BCUT2D eigenvalue weighted by Gasteiger charge is -2.20. The maximum absolute atomic E-state index is 4.74. The highest BCUT2D eigenvalue weighted by Crippen LogP contribution is 2.21. The Labute approximate surface area is 135 Å². The van der Waals surface area contributed by atoms with E-state index in [-0.39, 0.29) is 0 Å². The molecule has 0 bridgehead atoms. The number of pyridine rings is 1. The van der Waals surface area contributed by atoms with Crippen LogP contribution in [0, 0.1) is 0 Å². The lowest BCUT2D eigenvalue weighted by Crippen LogP contribution is -2.19. The van der Waals surface area contributed by atoms with Crippen LogP contribution in [0.3, 0.4) is 0 Å². The summed E-state index contributed by atoms with van der Waals surface area (Å²) < 4.78 is 1.14. The Morgan fingerprint density at radius 3 is 2.67 bits per heavy atom. The Hall–Kier alpha value is -1.39. The molecule has 2 rings (SSSR count). The van der Waals surface area contributed by atoms with Crippen molar-refractivity contribution in [2.24, 2.45) is 0 Å². The van der Waals surface area contributed by atoms with E-state index in [0.29, 0.717) is 0 Å². The fourth-order valence-corrected chi connectivity index (χ4v) is 2.69. The second-order valence-electron chi connectivity index (χ2n) is 5.16. The Morgan fingerprint density at radius 2 is 2.00 bits per heavy atom. The number of benzene rings is 1. The lowest BCUT2D eigenvalue weighted by molar-refractivity contribution is 0.805. The first kappa shape index (κ1) is 16.0. The summed E-state index contributed by atoms with van der Waals surface area (Å²) in [6, 6.07) is 12.6. The molecule has 0 fully saturated rings. The molecule has 1 heterocycles. The van der Waals surface area contributed by atoms with Gasteiger partial charge in [0.05, 0.1) is 0 Å². The highest BCUT2D eigenvalue weighted by Gasteiger charge is 2.08. The van der Waals surface area contributed by atoms with Crippen molar-refractivity contribution < 1.29 is 0 Å². The molecule has 0 saturated heterocycles. The van der Waals surface area contributed by atoms with Crippen LogP contribution in [0.4, 0.5) is 5.82 Å². The van der Waals surface area contributed by atoms with Crippen LogP contribution in [0.1, 0.15) is 23.7 Å². The van der Waals surface area contributed by atoms with E-state index in [9.17, 15) is 0 Å². The summed E-state index contributed by atoms with van der Waals surface area (Å²) in [4.78, 5) is 6.94. The summed E-state index contributed by atoms with van der Waals surface area (Å²) in [5, 5.41) is 3.21. The maximum Gasteiger partial charge on any atom is 0.129 e. The highest BCUT2D eigenvalue weighted by molar-refractivity contribution is 9.10. The molecule has 0 aliphatic rings. The van der Waals surface area contributed by atoms with Crippen molar-refractivity contribution in [3.63, 3.8) is 0 Å². The van der Waals surface area contributed by atoms with Gasteiger partial charge in [-0.15, -0.1) is 0 Å². The minimum atomic E-state index is 0.834. The molecule has 0 amide bonds. The van der Waals surface area contributed by atoms with Crippen LogP contribution < -0.4 is 10.2 Å². The zero-order valence-corrected chi connectivity index (χ0v) is 14.4. The summed E-state index contributed by atoms with van der Waals surface area (Å²) in [7, 11) is 4.06. The second kappa shape index (κ2) is 7.57. The van der Waals surface area contributed by atoms with Crippen molar-refractivity contribution in [2.45, 2.75) is 26.4 Å². The number of hydrogen-bond acceptors (Lipinski definition) is 3. The van der Waals surface area contributed by atoms with Gasteiger partial charge >= 0.3 is 0 Å². The fourth-order valence-electron chi connectivity index (χ4n) is 2.28. The zero-order chi connectivity index (χ0) is 15.2. The minimum Gasteiger partial charge on any atom is -0.355 e. The molecule has 1 N–H and O–H groups in total. The molecule has 4 heteroatoms. The highest BCUT2D eigenvalue weighted by atomic mass is 79.9. The van der Waals surface area contributed by atoms with Gasteiger partial charge in [0.1, 0.15) is 5.82 Å². The predicted octanol–water partition coefficient (Wildman–Crippen LogP) is 3.76. The summed E-state index contributed by atoms with van der Waals surface area (Å²) >= 11 is 3.61. The van der Waals surface area contributed by atoms with Crippen molar-refractivity contribution in [3.8, 4) is 0 Å². The molecule has 0 unspecified atom stereocenters. The standard InChI is InChI=1S/C17H22BrN3/c1-4-15-9-13(11-19-2)10-17(20-15)21(3)12-14-7-5-6-8-16(14)18/h5-10,19H,4,11-12H2,1-3H3. The molecule has 21 heavy (non-hydrogen) atoms. The van der Waals surface area contributed by atoms with Gasteiger partial charge in [0, 0.05) is 30.3 Å². The van der Waals surface area contributed by atoms with Crippen LogP contribution in [0.5, 0.6) is 0 Å². The largest absolute Gasteiger partial charge is 0.355 e. The van der Waals surface area contributed by atoms with Gasteiger partial charge in [-0.25, -0.2) is 4.98 Å². The normalized spacial score (nSPS) is 10.7. The van der Waals surface area contributed by atoms with E-state index in [1.165, 1.54) is 11.1 Å². The van der Waals surface area contributed by atoms with Crippen LogP contribution in [-0.4, -0.2) is 19.1 Å². The van der Waals surface area contributed by atoms with Crippen molar-refractivity contribution in [3.05, 3.63) is 57.7 Å². The van der Waals surface area contributed by atoms with Gasteiger partial charge in [0.15, 0.2) is 0 Å². The van der Waals surface area contributed by atoms with Gasteiger partial charge in [-0.1, -0.05) is 41.1 Å². The number of rotatable bonds is 6. The molecule has 1 aromatic heterocycles. The monoisotopic (exact) mass is 347 g/mol. The van der Waals surface area contributed by atoms with Crippen molar-refractivity contribution in [2.75, 3.05) is 19.0 Å². The first-order valence-corrected chi connectivity index (χ1v) is 8.02. The molecule has 2 aromatic rings. The molecule has 0 spiro atoms. The lowest BCUT2D eigenvalue weighted by atomic mass is 10.1. The molecule has 0 atom stereocenters. The van der Waals surface area contributed by atoms with Crippen molar-refractivity contribution in [1.82, 2.24) is 10.3 Å². The van der Waals surface area contributed by atoms with E-state index in [2.05, 4.69) is 70.4 Å². The van der Waals surface area contributed by atoms with E-state index in [4.69, 9.17) is 4.98 Å². The van der Waals surface area contributed by atoms with Gasteiger partial charge in [-0.3, -0.25) is 0 Å². The third kappa shape index (κ3) is 4.29. The number of hydrogen-bond donors (Lipinski definition) is 1. The molecule has 0 radical (unpaired) electrons. The van der Waals surface area contributed by atoms with E-state index >= 15 is 0 Å². The van der Waals surface area contributed by atoms with Crippen LogP contribution in [0.15, 0.2) is 40.9 Å². The number of nitrogens with one attached hydrogen (secondary N) is 1. The number of aryl methyl sites for hydroxylation is 1. The fraction of sp³-hybridized carbons (Fsp3) is 0.353.